The molecule has 0 spiro atoms. The fraction of sp³-hybridized carbons (Fsp3) is 0.176. The molecule has 4 rings (SSSR count). The van der Waals surface area contributed by atoms with Gasteiger partial charge < -0.3 is 15.4 Å². The molecule has 6 heteroatoms. The molecule has 0 atom stereocenters. The highest BCUT2D eigenvalue weighted by Gasteiger charge is 2.09. The van der Waals surface area contributed by atoms with Crippen LogP contribution in [0.1, 0.15) is 6.42 Å². The predicted octanol–water partition coefficient (Wildman–Crippen LogP) is 2.67. The summed E-state index contributed by atoms with van der Waals surface area (Å²) in [5, 5.41) is 17.8. The van der Waals surface area contributed by atoms with Crippen molar-refractivity contribution in [2.24, 2.45) is 0 Å². The average molecular weight is 307 g/mol. The van der Waals surface area contributed by atoms with Gasteiger partial charge in [0.15, 0.2) is 5.65 Å². The molecule has 3 heterocycles. The minimum Gasteiger partial charge on any atom is -0.396 e. The lowest BCUT2D eigenvalue weighted by atomic mass is 10.1. The quantitative estimate of drug-likeness (QED) is 0.495. The third kappa shape index (κ3) is 2.53. The molecular weight excluding hydrogens is 290 g/mol. The normalized spacial score (nSPS) is 11.3. The van der Waals surface area contributed by atoms with Crippen molar-refractivity contribution in [2.75, 3.05) is 18.5 Å². The molecule has 0 saturated heterocycles. The average Bonchev–Trinajstić information content (AvgIpc) is 3.20. The number of aromatic nitrogens is 4. The number of aliphatic hydroxyl groups excluding tert-OH is 1. The second-order valence-corrected chi connectivity index (χ2v) is 5.42. The maximum Gasteiger partial charge on any atom is 0.154 e. The van der Waals surface area contributed by atoms with Crippen molar-refractivity contribution >= 4 is 22.4 Å². The first-order valence-corrected chi connectivity index (χ1v) is 7.62. The van der Waals surface area contributed by atoms with Crippen LogP contribution in [0, 0.1) is 0 Å². The van der Waals surface area contributed by atoms with Crippen LogP contribution in [0.3, 0.4) is 0 Å². The second kappa shape index (κ2) is 5.73. The van der Waals surface area contributed by atoms with E-state index in [1.54, 1.807) is 0 Å². The Hall–Kier alpha value is -2.86. The van der Waals surface area contributed by atoms with E-state index >= 15 is 0 Å². The fourth-order valence-corrected chi connectivity index (χ4v) is 2.67. The summed E-state index contributed by atoms with van der Waals surface area (Å²) in [6.45, 7) is 0.858. The molecule has 3 N–H and O–H groups in total. The highest BCUT2D eigenvalue weighted by molar-refractivity contribution is 5.84. The topological polar surface area (TPSA) is 78.2 Å². The Kier molecular flexibility index (Phi) is 3.44. The van der Waals surface area contributed by atoms with Gasteiger partial charge in [0.2, 0.25) is 0 Å². The van der Waals surface area contributed by atoms with Gasteiger partial charge in [-0.05, 0) is 36.8 Å². The number of hydrogen-bond donors (Lipinski definition) is 3. The Balaban J connectivity index is 1.75. The van der Waals surface area contributed by atoms with Crippen LogP contribution < -0.4 is 5.32 Å². The zero-order valence-corrected chi connectivity index (χ0v) is 12.5. The molecule has 0 bridgehead atoms. The molecule has 0 unspecified atom stereocenters. The lowest BCUT2D eigenvalue weighted by molar-refractivity contribution is 0.292. The smallest absolute Gasteiger partial charge is 0.154 e. The zero-order chi connectivity index (χ0) is 15.6. The van der Waals surface area contributed by atoms with Crippen molar-refractivity contribution in [1.29, 1.82) is 0 Å². The Morgan fingerprint density at radius 3 is 3.04 bits per heavy atom. The molecule has 4 aromatic rings. The largest absolute Gasteiger partial charge is 0.396 e. The molecule has 0 saturated carbocycles. The standard InChI is InChI=1S/C17H17N5O/c23-9-1-7-19-16-4-5-17-20-11-15(22(17)21-16)13-2-3-14-12(10-13)6-8-18-14/h2-6,8,10-11,18,23H,1,7,9H2,(H,19,21). The van der Waals surface area contributed by atoms with E-state index in [1.165, 1.54) is 0 Å². The summed E-state index contributed by atoms with van der Waals surface area (Å²) < 4.78 is 1.84. The molecule has 0 radical (unpaired) electrons. The van der Waals surface area contributed by atoms with Gasteiger partial charge in [0, 0.05) is 35.8 Å². The summed E-state index contributed by atoms with van der Waals surface area (Å²) >= 11 is 0. The molecule has 0 aliphatic rings. The highest BCUT2D eigenvalue weighted by atomic mass is 16.3. The van der Waals surface area contributed by atoms with Crippen molar-refractivity contribution in [3.8, 4) is 11.3 Å². The molecule has 0 fully saturated rings. The van der Waals surface area contributed by atoms with E-state index in [-0.39, 0.29) is 6.61 Å². The number of aliphatic hydroxyl groups is 1. The first kappa shape index (κ1) is 13.8. The maximum absolute atomic E-state index is 8.87. The van der Waals surface area contributed by atoms with Gasteiger partial charge in [-0.3, -0.25) is 0 Å². The summed E-state index contributed by atoms with van der Waals surface area (Å²) in [6, 6.07) is 12.1. The Bertz CT molecular complexity index is 956. The molecule has 3 aromatic heterocycles. The van der Waals surface area contributed by atoms with Gasteiger partial charge in [-0.15, -0.1) is 5.10 Å². The van der Waals surface area contributed by atoms with Crippen molar-refractivity contribution in [1.82, 2.24) is 19.6 Å². The number of nitrogens with zero attached hydrogens (tertiary/aromatic N) is 3. The molecule has 1 aromatic carbocycles. The van der Waals surface area contributed by atoms with E-state index in [9.17, 15) is 0 Å². The number of fused-ring (bicyclic) bond motifs is 2. The van der Waals surface area contributed by atoms with E-state index in [0.29, 0.717) is 13.0 Å². The third-order valence-corrected chi connectivity index (χ3v) is 3.85. The number of nitrogens with one attached hydrogen (secondary N) is 2. The SMILES string of the molecule is OCCCNc1ccc2ncc(-c3ccc4[nH]ccc4c3)n2n1. The first-order valence-electron chi connectivity index (χ1n) is 7.62. The molecular formula is C17H17N5O. The molecule has 0 aliphatic heterocycles. The van der Waals surface area contributed by atoms with E-state index in [4.69, 9.17) is 5.11 Å². The van der Waals surface area contributed by atoms with Crippen LogP contribution in [0.4, 0.5) is 5.82 Å². The lowest BCUT2D eigenvalue weighted by Crippen LogP contribution is -2.07. The number of rotatable bonds is 5. The van der Waals surface area contributed by atoms with Crippen molar-refractivity contribution in [3.63, 3.8) is 0 Å². The van der Waals surface area contributed by atoms with Gasteiger partial charge in [-0.25, -0.2) is 9.50 Å². The maximum atomic E-state index is 8.87. The Morgan fingerprint density at radius 2 is 2.13 bits per heavy atom. The van der Waals surface area contributed by atoms with E-state index < -0.39 is 0 Å². The Labute approximate surface area is 132 Å². The number of hydrogen-bond acceptors (Lipinski definition) is 4. The van der Waals surface area contributed by atoms with Crippen LogP contribution in [0.5, 0.6) is 0 Å². The number of imidazole rings is 1. The minimum atomic E-state index is 0.169. The van der Waals surface area contributed by atoms with Crippen LogP contribution in [0.2, 0.25) is 0 Å². The van der Waals surface area contributed by atoms with Crippen LogP contribution >= 0.6 is 0 Å². The van der Waals surface area contributed by atoms with Gasteiger partial charge in [0.1, 0.15) is 5.82 Å². The molecule has 0 aliphatic carbocycles. The van der Waals surface area contributed by atoms with Gasteiger partial charge in [-0.1, -0.05) is 6.07 Å². The summed E-state index contributed by atoms with van der Waals surface area (Å²) in [5.74, 6) is 0.771. The number of aromatic amines is 1. The van der Waals surface area contributed by atoms with Crippen LogP contribution in [-0.2, 0) is 0 Å². The van der Waals surface area contributed by atoms with Gasteiger partial charge in [0.25, 0.3) is 0 Å². The number of benzene rings is 1. The van der Waals surface area contributed by atoms with Crippen molar-refractivity contribution in [3.05, 3.63) is 48.8 Å². The van der Waals surface area contributed by atoms with Crippen LogP contribution in [0.25, 0.3) is 27.8 Å². The molecule has 116 valence electrons. The lowest BCUT2D eigenvalue weighted by Gasteiger charge is -2.06. The molecule has 23 heavy (non-hydrogen) atoms. The van der Waals surface area contributed by atoms with Crippen LogP contribution in [-0.4, -0.2) is 37.8 Å². The summed E-state index contributed by atoms with van der Waals surface area (Å²) in [6.07, 6.45) is 4.47. The number of anilines is 1. The number of H-pyrrole nitrogens is 1. The van der Waals surface area contributed by atoms with Crippen molar-refractivity contribution < 1.29 is 5.11 Å². The van der Waals surface area contributed by atoms with E-state index in [2.05, 4.69) is 44.6 Å². The van der Waals surface area contributed by atoms with E-state index in [0.717, 1.165) is 33.6 Å². The second-order valence-electron chi connectivity index (χ2n) is 5.42. The first-order chi connectivity index (χ1) is 11.3. The summed E-state index contributed by atoms with van der Waals surface area (Å²) in [4.78, 5) is 7.62. The highest BCUT2D eigenvalue weighted by Crippen LogP contribution is 2.24. The van der Waals surface area contributed by atoms with Crippen molar-refractivity contribution in [2.45, 2.75) is 6.42 Å². The summed E-state index contributed by atoms with van der Waals surface area (Å²) in [7, 11) is 0. The minimum absolute atomic E-state index is 0.169. The monoisotopic (exact) mass is 307 g/mol. The third-order valence-electron chi connectivity index (χ3n) is 3.85. The van der Waals surface area contributed by atoms with Crippen LogP contribution in [0.15, 0.2) is 48.8 Å². The zero-order valence-electron chi connectivity index (χ0n) is 12.5. The van der Waals surface area contributed by atoms with Gasteiger partial charge in [0.05, 0.1) is 11.9 Å². The predicted molar refractivity (Wildman–Crippen MR) is 90.5 cm³/mol. The van der Waals surface area contributed by atoms with E-state index in [1.807, 2.05) is 29.0 Å². The van der Waals surface area contributed by atoms with Gasteiger partial charge in [-0.2, -0.15) is 0 Å². The molecule has 0 amide bonds. The fourth-order valence-electron chi connectivity index (χ4n) is 2.67. The summed E-state index contributed by atoms with van der Waals surface area (Å²) in [5.41, 5.74) is 3.95. The molecule has 6 nitrogen and oxygen atoms in total. The Morgan fingerprint density at radius 1 is 1.17 bits per heavy atom. The van der Waals surface area contributed by atoms with Gasteiger partial charge >= 0.3 is 0 Å².